The van der Waals surface area contributed by atoms with Crippen molar-refractivity contribution in [2.24, 2.45) is 5.73 Å². The van der Waals surface area contributed by atoms with E-state index in [9.17, 15) is 18.4 Å². The highest BCUT2D eigenvalue weighted by atomic mass is 35.5. The normalized spacial score (nSPS) is 10.0. The minimum absolute atomic E-state index is 0.0972. The molecule has 3 N–H and O–H groups in total. The first-order valence-corrected chi connectivity index (χ1v) is 9.01. The summed E-state index contributed by atoms with van der Waals surface area (Å²) in [6.07, 6.45) is 0. The number of aryl methyl sites for hydroxylation is 1. The summed E-state index contributed by atoms with van der Waals surface area (Å²) in [5, 5.41) is 8.81. The van der Waals surface area contributed by atoms with Gasteiger partial charge in [-0.1, -0.05) is 29.3 Å². The van der Waals surface area contributed by atoms with Crippen LogP contribution in [-0.2, 0) is 6.61 Å². The van der Waals surface area contributed by atoms with Crippen LogP contribution in [0, 0.1) is 18.6 Å². The van der Waals surface area contributed by atoms with Crippen molar-refractivity contribution in [3.63, 3.8) is 0 Å². The van der Waals surface area contributed by atoms with Crippen LogP contribution in [0.1, 0.15) is 31.8 Å². The zero-order valence-corrected chi connectivity index (χ0v) is 16.6. The number of aromatic carboxylic acids is 1. The van der Waals surface area contributed by atoms with Gasteiger partial charge in [0.25, 0.3) is 5.91 Å². The molecule has 0 aliphatic carbocycles. The van der Waals surface area contributed by atoms with Crippen molar-refractivity contribution >= 4 is 23.5 Å². The van der Waals surface area contributed by atoms with Gasteiger partial charge in [-0.15, -0.1) is 0 Å². The first-order valence-electron chi connectivity index (χ1n) is 8.63. The van der Waals surface area contributed by atoms with Crippen LogP contribution >= 0.6 is 11.6 Å². The number of carbonyl (C=O) groups is 2. The van der Waals surface area contributed by atoms with Crippen LogP contribution < -0.4 is 10.5 Å². The molecule has 3 aromatic carbocycles. The van der Waals surface area contributed by atoms with E-state index in [-0.39, 0.29) is 23.5 Å². The molecule has 0 aliphatic heterocycles. The zero-order chi connectivity index (χ0) is 22.3. The Hall–Kier alpha value is -3.45. The highest BCUT2D eigenvalue weighted by Gasteiger charge is 2.12. The SMILES string of the molecule is Cc1ccc(C(=O)O)cc1.NC(=O)c1cc(Cl)ccc1OCc1ccc(F)cc1F. The Morgan fingerprint density at radius 1 is 1.03 bits per heavy atom. The Balaban J connectivity index is 0.000000269. The fourth-order valence-electron chi connectivity index (χ4n) is 2.31. The molecule has 3 rings (SSSR count). The number of carbonyl (C=O) groups excluding carboxylic acids is 1. The highest BCUT2D eigenvalue weighted by Crippen LogP contribution is 2.24. The summed E-state index contributed by atoms with van der Waals surface area (Å²) in [7, 11) is 0. The predicted molar refractivity (Wildman–Crippen MR) is 109 cm³/mol. The first kappa shape index (κ1) is 22.8. The van der Waals surface area contributed by atoms with E-state index < -0.39 is 23.5 Å². The number of nitrogens with two attached hydrogens (primary N) is 1. The Bertz CT molecular complexity index is 1060. The molecule has 0 fully saturated rings. The molecule has 0 atom stereocenters. The maximum atomic E-state index is 13.4. The summed E-state index contributed by atoms with van der Waals surface area (Å²) >= 11 is 5.76. The zero-order valence-electron chi connectivity index (χ0n) is 15.9. The monoisotopic (exact) mass is 433 g/mol. The van der Waals surface area contributed by atoms with Gasteiger partial charge in [-0.05, 0) is 49.4 Å². The minimum atomic E-state index is -0.875. The minimum Gasteiger partial charge on any atom is -0.488 e. The molecule has 0 radical (unpaired) electrons. The summed E-state index contributed by atoms with van der Waals surface area (Å²) in [5.74, 6) is -2.79. The van der Waals surface area contributed by atoms with Crippen molar-refractivity contribution in [3.05, 3.63) is 99.6 Å². The standard InChI is InChI=1S/C14H10ClF2NO2.C8H8O2/c15-9-2-4-13(11(5-9)14(18)19)20-7-8-1-3-10(16)6-12(8)17;1-6-2-4-7(5-3-6)8(9)10/h1-6H,7H2,(H2,18,19);2-5H,1H3,(H,9,10). The van der Waals surface area contributed by atoms with E-state index in [2.05, 4.69) is 0 Å². The van der Waals surface area contributed by atoms with Gasteiger partial charge in [0, 0.05) is 16.7 Å². The van der Waals surface area contributed by atoms with Crippen molar-refractivity contribution in [3.8, 4) is 5.75 Å². The van der Waals surface area contributed by atoms with Crippen molar-refractivity contribution in [1.29, 1.82) is 0 Å². The summed E-state index contributed by atoms with van der Waals surface area (Å²) in [5.41, 5.74) is 6.87. The number of carboxylic acids is 1. The topological polar surface area (TPSA) is 89.6 Å². The Morgan fingerprint density at radius 2 is 1.70 bits per heavy atom. The van der Waals surface area contributed by atoms with E-state index in [1.54, 1.807) is 24.3 Å². The number of hydrogen-bond acceptors (Lipinski definition) is 3. The number of ether oxygens (including phenoxy) is 1. The second kappa shape index (κ2) is 10.4. The number of benzene rings is 3. The average Bonchev–Trinajstić information content (AvgIpc) is 2.69. The lowest BCUT2D eigenvalue weighted by atomic mass is 10.2. The Labute approximate surface area is 176 Å². The summed E-state index contributed by atoms with van der Waals surface area (Å²) in [4.78, 5) is 21.6. The maximum Gasteiger partial charge on any atom is 0.335 e. The lowest BCUT2D eigenvalue weighted by Crippen LogP contribution is -2.13. The quantitative estimate of drug-likeness (QED) is 0.593. The van der Waals surface area contributed by atoms with Gasteiger partial charge >= 0.3 is 5.97 Å². The lowest BCUT2D eigenvalue weighted by molar-refractivity contribution is 0.0696. The molecule has 0 heterocycles. The Morgan fingerprint density at radius 3 is 2.27 bits per heavy atom. The fraction of sp³-hybridized carbons (Fsp3) is 0.0909. The molecular weight excluding hydrogens is 416 g/mol. The molecule has 0 saturated carbocycles. The summed E-state index contributed by atoms with van der Waals surface area (Å²) in [6.45, 7) is 1.76. The van der Waals surface area contributed by atoms with Crippen molar-refractivity contribution in [2.75, 3.05) is 0 Å². The molecule has 0 unspecified atom stereocenters. The molecule has 0 aliphatic rings. The largest absolute Gasteiger partial charge is 0.488 e. The van der Waals surface area contributed by atoms with E-state index in [1.165, 1.54) is 24.3 Å². The van der Waals surface area contributed by atoms with E-state index in [1.807, 2.05) is 6.92 Å². The number of hydrogen-bond donors (Lipinski definition) is 2. The van der Waals surface area contributed by atoms with Crippen LogP contribution in [0.4, 0.5) is 8.78 Å². The molecule has 30 heavy (non-hydrogen) atoms. The van der Waals surface area contributed by atoms with Gasteiger partial charge in [0.2, 0.25) is 0 Å². The van der Waals surface area contributed by atoms with Crippen LogP contribution in [0.15, 0.2) is 60.7 Å². The number of carboxylic acid groups (broad SMARTS) is 1. The molecular formula is C22H18ClF2NO4. The van der Waals surface area contributed by atoms with Crippen molar-refractivity contribution in [2.45, 2.75) is 13.5 Å². The number of halogens is 3. The van der Waals surface area contributed by atoms with Crippen molar-refractivity contribution < 1.29 is 28.2 Å². The van der Waals surface area contributed by atoms with Crippen LogP contribution in [0.2, 0.25) is 5.02 Å². The van der Waals surface area contributed by atoms with Gasteiger partial charge in [-0.3, -0.25) is 4.79 Å². The van der Waals surface area contributed by atoms with E-state index in [0.717, 1.165) is 17.7 Å². The van der Waals surface area contributed by atoms with E-state index in [4.69, 9.17) is 27.2 Å². The molecule has 5 nitrogen and oxygen atoms in total. The second-order valence-electron chi connectivity index (χ2n) is 6.20. The van der Waals surface area contributed by atoms with Gasteiger partial charge < -0.3 is 15.6 Å². The third kappa shape index (κ3) is 6.56. The summed E-state index contributed by atoms with van der Waals surface area (Å²) in [6, 6.07) is 14.2. The molecule has 0 spiro atoms. The van der Waals surface area contributed by atoms with Crippen LogP contribution in [-0.4, -0.2) is 17.0 Å². The molecule has 8 heteroatoms. The number of rotatable bonds is 5. The number of primary amides is 1. The molecule has 0 bridgehead atoms. The molecule has 0 saturated heterocycles. The maximum absolute atomic E-state index is 13.4. The van der Waals surface area contributed by atoms with Crippen LogP contribution in [0.3, 0.4) is 0 Å². The molecule has 3 aromatic rings. The predicted octanol–water partition coefficient (Wildman–Crippen LogP) is 4.99. The van der Waals surface area contributed by atoms with Gasteiger partial charge in [-0.2, -0.15) is 0 Å². The smallest absolute Gasteiger partial charge is 0.335 e. The first-order chi connectivity index (χ1) is 14.2. The summed E-state index contributed by atoms with van der Waals surface area (Å²) < 4.78 is 31.6. The fourth-order valence-corrected chi connectivity index (χ4v) is 2.48. The second-order valence-corrected chi connectivity index (χ2v) is 6.64. The van der Waals surface area contributed by atoms with Crippen molar-refractivity contribution in [1.82, 2.24) is 0 Å². The molecule has 156 valence electrons. The highest BCUT2D eigenvalue weighted by molar-refractivity contribution is 6.31. The van der Waals surface area contributed by atoms with Gasteiger partial charge in [-0.25, -0.2) is 13.6 Å². The third-order valence-electron chi connectivity index (χ3n) is 3.90. The van der Waals surface area contributed by atoms with E-state index >= 15 is 0 Å². The van der Waals surface area contributed by atoms with Crippen LogP contribution in [0.25, 0.3) is 0 Å². The van der Waals surface area contributed by atoms with Gasteiger partial charge in [0.15, 0.2) is 0 Å². The Kier molecular flexibility index (Phi) is 7.89. The van der Waals surface area contributed by atoms with Gasteiger partial charge in [0.1, 0.15) is 24.0 Å². The van der Waals surface area contributed by atoms with Crippen LogP contribution in [0.5, 0.6) is 5.75 Å². The van der Waals surface area contributed by atoms with Gasteiger partial charge in [0.05, 0.1) is 11.1 Å². The molecule has 1 amide bonds. The number of amides is 1. The van der Waals surface area contributed by atoms with E-state index in [0.29, 0.717) is 10.6 Å². The lowest BCUT2D eigenvalue weighted by Gasteiger charge is -2.10. The average molecular weight is 434 g/mol. The molecule has 0 aromatic heterocycles. The third-order valence-corrected chi connectivity index (χ3v) is 4.14.